The van der Waals surface area contributed by atoms with E-state index in [4.69, 9.17) is 0 Å². The topological polar surface area (TPSA) is 15.3 Å². The third-order valence-electron chi connectivity index (χ3n) is 4.87. The van der Waals surface area contributed by atoms with E-state index < -0.39 is 0 Å². The van der Waals surface area contributed by atoms with Crippen molar-refractivity contribution in [1.82, 2.24) is 10.2 Å². The molecule has 0 amide bonds. The molecule has 1 aliphatic heterocycles. The molecule has 0 aromatic heterocycles. The molecule has 2 aliphatic rings. The van der Waals surface area contributed by atoms with Gasteiger partial charge in [0.05, 0.1) is 0 Å². The van der Waals surface area contributed by atoms with Crippen molar-refractivity contribution >= 4 is 0 Å². The van der Waals surface area contributed by atoms with Gasteiger partial charge in [-0.2, -0.15) is 0 Å². The van der Waals surface area contributed by atoms with Crippen molar-refractivity contribution in [3.05, 3.63) is 0 Å². The van der Waals surface area contributed by atoms with E-state index in [9.17, 15) is 0 Å². The first-order valence-electron chi connectivity index (χ1n) is 7.12. The highest BCUT2D eigenvalue weighted by molar-refractivity contribution is 4.93. The number of nitrogens with zero attached hydrogens (tertiary/aromatic N) is 1. The zero-order valence-electron chi connectivity index (χ0n) is 11.3. The zero-order valence-corrected chi connectivity index (χ0v) is 11.3. The van der Waals surface area contributed by atoms with E-state index in [2.05, 4.69) is 31.0 Å². The summed E-state index contributed by atoms with van der Waals surface area (Å²) >= 11 is 0. The van der Waals surface area contributed by atoms with Crippen molar-refractivity contribution in [1.29, 1.82) is 0 Å². The van der Waals surface area contributed by atoms with E-state index in [0.717, 1.165) is 12.0 Å². The van der Waals surface area contributed by atoms with E-state index >= 15 is 0 Å². The van der Waals surface area contributed by atoms with Crippen LogP contribution in [-0.4, -0.2) is 37.1 Å². The van der Waals surface area contributed by atoms with Crippen molar-refractivity contribution in [2.24, 2.45) is 11.3 Å². The molecule has 2 fully saturated rings. The Bertz CT molecular complexity index is 215. The van der Waals surface area contributed by atoms with Crippen molar-refractivity contribution in [2.45, 2.75) is 52.5 Å². The average Bonchev–Trinajstić information content (AvgIpc) is 2.24. The minimum absolute atomic E-state index is 0.685. The SMILES string of the molecule is CCC1(CN2CCNCC2C(C)C)CCC1. The van der Waals surface area contributed by atoms with Crippen LogP contribution in [0.2, 0.25) is 0 Å². The van der Waals surface area contributed by atoms with Crippen molar-refractivity contribution in [2.75, 3.05) is 26.2 Å². The van der Waals surface area contributed by atoms with Crippen LogP contribution in [0.1, 0.15) is 46.5 Å². The lowest BCUT2D eigenvalue weighted by Gasteiger charge is -2.49. The van der Waals surface area contributed by atoms with E-state index in [1.54, 1.807) is 0 Å². The van der Waals surface area contributed by atoms with Gasteiger partial charge >= 0.3 is 0 Å². The maximum atomic E-state index is 3.54. The maximum Gasteiger partial charge on any atom is 0.0244 e. The summed E-state index contributed by atoms with van der Waals surface area (Å²) in [5.41, 5.74) is 0.685. The Hall–Kier alpha value is -0.0800. The lowest BCUT2D eigenvalue weighted by molar-refractivity contribution is 0.0188. The van der Waals surface area contributed by atoms with Crippen LogP contribution in [0.15, 0.2) is 0 Å². The van der Waals surface area contributed by atoms with Gasteiger partial charge in [-0.3, -0.25) is 4.90 Å². The monoisotopic (exact) mass is 224 g/mol. The van der Waals surface area contributed by atoms with Gasteiger partial charge < -0.3 is 5.32 Å². The minimum atomic E-state index is 0.685. The summed E-state index contributed by atoms with van der Waals surface area (Å²) in [5, 5.41) is 3.54. The summed E-state index contributed by atoms with van der Waals surface area (Å²) in [5.74, 6) is 0.779. The fraction of sp³-hybridized carbons (Fsp3) is 1.00. The number of hydrogen-bond acceptors (Lipinski definition) is 2. The van der Waals surface area contributed by atoms with Gasteiger partial charge in [0.25, 0.3) is 0 Å². The summed E-state index contributed by atoms with van der Waals surface area (Å²) in [7, 11) is 0. The van der Waals surface area contributed by atoms with Gasteiger partial charge in [-0.25, -0.2) is 0 Å². The molecule has 2 rings (SSSR count). The van der Waals surface area contributed by atoms with Crippen molar-refractivity contribution < 1.29 is 0 Å². The second kappa shape index (κ2) is 5.05. The van der Waals surface area contributed by atoms with E-state index in [-0.39, 0.29) is 0 Å². The van der Waals surface area contributed by atoms with Gasteiger partial charge in [0, 0.05) is 32.2 Å². The van der Waals surface area contributed by atoms with Gasteiger partial charge in [0.15, 0.2) is 0 Å². The molecule has 0 aromatic carbocycles. The fourth-order valence-corrected chi connectivity index (χ4v) is 3.35. The predicted octanol–water partition coefficient (Wildman–Crippen LogP) is 2.50. The largest absolute Gasteiger partial charge is 0.314 e. The number of rotatable bonds is 4. The third kappa shape index (κ3) is 2.43. The Morgan fingerprint density at radius 1 is 1.38 bits per heavy atom. The highest BCUT2D eigenvalue weighted by Crippen LogP contribution is 2.44. The lowest BCUT2D eigenvalue weighted by Crippen LogP contribution is -2.57. The Morgan fingerprint density at radius 2 is 2.12 bits per heavy atom. The molecule has 0 radical (unpaired) electrons. The van der Waals surface area contributed by atoms with E-state index in [1.807, 2.05) is 0 Å². The standard InChI is InChI=1S/C14H28N2/c1-4-14(6-5-7-14)11-16-9-8-15-10-13(16)12(2)3/h12-13,15H,4-11H2,1-3H3. The quantitative estimate of drug-likeness (QED) is 0.789. The van der Waals surface area contributed by atoms with Crippen LogP contribution in [0.4, 0.5) is 0 Å². The Labute approximate surface area is 101 Å². The molecule has 1 saturated carbocycles. The number of hydrogen-bond donors (Lipinski definition) is 1. The minimum Gasteiger partial charge on any atom is -0.314 e. The Morgan fingerprint density at radius 3 is 2.62 bits per heavy atom. The second-order valence-corrected chi connectivity index (χ2v) is 6.19. The molecule has 1 saturated heterocycles. The molecule has 0 spiro atoms. The molecule has 1 N–H and O–H groups in total. The first-order chi connectivity index (χ1) is 7.67. The highest BCUT2D eigenvalue weighted by atomic mass is 15.2. The summed E-state index contributed by atoms with van der Waals surface area (Å²) in [6.45, 7) is 12.1. The molecular formula is C14H28N2. The van der Waals surface area contributed by atoms with Gasteiger partial charge in [0.2, 0.25) is 0 Å². The molecule has 2 nitrogen and oxygen atoms in total. The van der Waals surface area contributed by atoms with Crippen molar-refractivity contribution in [3.8, 4) is 0 Å². The third-order valence-corrected chi connectivity index (χ3v) is 4.87. The molecule has 1 unspecified atom stereocenters. The summed E-state index contributed by atoms with van der Waals surface area (Å²) in [4.78, 5) is 2.77. The van der Waals surface area contributed by atoms with E-state index in [1.165, 1.54) is 51.9 Å². The molecule has 16 heavy (non-hydrogen) atoms. The fourth-order valence-electron chi connectivity index (χ4n) is 3.35. The van der Waals surface area contributed by atoms with Crippen LogP contribution in [0.25, 0.3) is 0 Å². The Kier molecular flexibility index (Phi) is 3.91. The molecule has 0 aromatic rings. The maximum absolute atomic E-state index is 3.54. The first-order valence-corrected chi connectivity index (χ1v) is 7.12. The number of piperazine rings is 1. The second-order valence-electron chi connectivity index (χ2n) is 6.19. The molecule has 94 valence electrons. The van der Waals surface area contributed by atoms with Crippen LogP contribution in [0, 0.1) is 11.3 Å². The molecular weight excluding hydrogens is 196 g/mol. The molecule has 1 aliphatic carbocycles. The highest BCUT2D eigenvalue weighted by Gasteiger charge is 2.39. The average molecular weight is 224 g/mol. The van der Waals surface area contributed by atoms with Crippen LogP contribution >= 0.6 is 0 Å². The molecule has 2 heteroatoms. The van der Waals surface area contributed by atoms with Crippen LogP contribution in [0.5, 0.6) is 0 Å². The molecule has 1 heterocycles. The number of nitrogens with one attached hydrogen (secondary N) is 1. The van der Waals surface area contributed by atoms with Gasteiger partial charge in [-0.15, -0.1) is 0 Å². The van der Waals surface area contributed by atoms with Crippen LogP contribution in [-0.2, 0) is 0 Å². The van der Waals surface area contributed by atoms with Gasteiger partial charge in [-0.05, 0) is 30.6 Å². The smallest absolute Gasteiger partial charge is 0.0244 e. The van der Waals surface area contributed by atoms with Gasteiger partial charge in [-0.1, -0.05) is 27.2 Å². The lowest BCUT2D eigenvalue weighted by atomic mass is 9.66. The first kappa shape index (κ1) is 12.4. The van der Waals surface area contributed by atoms with Crippen LogP contribution in [0.3, 0.4) is 0 Å². The molecule has 1 atom stereocenters. The van der Waals surface area contributed by atoms with E-state index in [0.29, 0.717) is 5.41 Å². The predicted molar refractivity (Wildman–Crippen MR) is 69.6 cm³/mol. The normalized spacial score (nSPS) is 30.4. The summed E-state index contributed by atoms with van der Waals surface area (Å²) in [6.07, 6.45) is 5.78. The Balaban J connectivity index is 1.95. The van der Waals surface area contributed by atoms with Crippen LogP contribution < -0.4 is 5.32 Å². The van der Waals surface area contributed by atoms with Crippen molar-refractivity contribution in [3.63, 3.8) is 0 Å². The van der Waals surface area contributed by atoms with Gasteiger partial charge in [0.1, 0.15) is 0 Å². The zero-order chi connectivity index (χ0) is 11.6. The summed E-state index contributed by atoms with van der Waals surface area (Å²) in [6, 6.07) is 0.762. The summed E-state index contributed by atoms with van der Waals surface area (Å²) < 4.78 is 0. The molecule has 0 bridgehead atoms.